The minimum Gasteiger partial charge on any atom is -0.296 e. The number of rotatable bonds is 5. The molecular formula is C13H18N4OS. The minimum absolute atomic E-state index is 0.278. The number of hydrogen-bond acceptors (Lipinski definition) is 5. The van der Waals surface area contributed by atoms with Gasteiger partial charge in [0.2, 0.25) is 5.13 Å². The van der Waals surface area contributed by atoms with Crippen LogP contribution in [0.4, 0.5) is 0 Å². The van der Waals surface area contributed by atoms with E-state index in [2.05, 4.69) is 29.1 Å². The summed E-state index contributed by atoms with van der Waals surface area (Å²) in [5.74, 6) is 0.278. The van der Waals surface area contributed by atoms with Gasteiger partial charge in [-0.25, -0.2) is 4.98 Å². The van der Waals surface area contributed by atoms with Crippen molar-refractivity contribution in [1.29, 1.82) is 0 Å². The van der Waals surface area contributed by atoms with E-state index in [0.717, 1.165) is 40.5 Å². The van der Waals surface area contributed by atoms with Crippen LogP contribution in [0, 0.1) is 13.8 Å². The van der Waals surface area contributed by atoms with Crippen molar-refractivity contribution in [2.75, 3.05) is 0 Å². The summed E-state index contributed by atoms with van der Waals surface area (Å²) in [6.07, 6.45) is 2.69. The fraction of sp³-hybridized carbons (Fsp3) is 0.538. The predicted octanol–water partition coefficient (Wildman–Crippen LogP) is 3.06. The highest BCUT2D eigenvalue weighted by molar-refractivity contribution is 7.14. The van der Waals surface area contributed by atoms with Crippen LogP contribution in [0.1, 0.15) is 59.4 Å². The molecule has 0 saturated carbocycles. The molecule has 5 nitrogen and oxygen atoms in total. The van der Waals surface area contributed by atoms with Gasteiger partial charge < -0.3 is 0 Å². The van der Waals surface area contributed by atoms with Crippen molar-refractivity contribution in [3.05, 3.63) is 22.0 Å². The van der Waals surface area contributed by atoms with Crippen LogP contribution in [0.5, 0.6) is 0 Å². The number of aryl methyl sites for hydroxylation is 2. The van der Waals surface area contributed by atoms with Gasteiger partial charge in [0, 0.05) is 10.8 Å². The monoisotopic (exact) mass is 278 g/mol. The lowest BCUT2D eigenvalue weighted by molar-refractivity contribution is 0.111. The molecule has 0 radical (unpaired) electrons. The van der Waals surface area contributed by atoms with Crippen molar-refractivity contribution < 1.29 is 4.79 Å². The Kier molecular flexibility index (Phi) is 4.09. The lowest BCUT2D eigenvalue weighted by Gasteiger charge is -2.13. The van der Waals surface area contributed by atoms with E-state index in [9.17, 15) is 4.79 Å². The Morgan fingerprint density at radius 2 is 2.00 bits per heavy atom. The summed E-state index contributed by atoms with van der Waals surface area (Å²) in [5, 5.41) is 8.88. The third kappa shape index (κ3) is 2.45. The van der Waals surface area contributed by atoms with E-state index in [1.165, 1.54) is 0 Å². The summed E-state index contributed by atoms with van der Waals surface area (Å²) in [6, 6.07) is 0. The first kappa shape index (κ1) is 13.9. The summed E-state index contributed by atoms with van der Waals surface area (Å²) in [7, 11) is 0. The van der Waals surface area contributed by atoms with E-state index in [1.54, 1.807) is 16.0 Å². The number of thiazole rings is 1. The van der Waals surface area contributed by atoms with Gasteiger partial charge in [0.25, 0.3) is 0 Å². The minimum atomic E-state index is 0.278. The Labute approximate surface area is 116 Å². The van der Waals surface area contributed by atoms with E-state index >= 15 is 0 Å². The summed E-state index contributed by atoms with van der Waals surface area (Å²) >= 11 is 1.58. The molecule has 2 rings (SSSR count). The van der Waals surface area contributed by atoms with Crippen molar-refractivity contribution in [3.8, 4) is 5.13 Å². The molecule has 0 aliphatic heterocycles. The average Bonchev–Trinajstić information content (AvgIpc) is 2.96. The third-order valence-corrected chi connectivity index (χ3v) is 4.46. The predicted molar refractivity (Wildman–Crippen MR) is 75.2 cm³/mol. The molecular weight excluding hydrogens is 260 g/mol. The number of hydrogen-bond donors (Lipinski definition) is 0. The van der Waals surface area contributed by atoms with Gasteiger partial charge >= 0.3 is 0 Å². The number of carbonyl (C=O) groups is 1. The zero-order valence-electron chi connectivity index (χ0n) is 11.7. The first-order valence-corrected chi connectivity index (χ1v) is 7.29. The van der Waals surface area contributed by atoms with Crippen LogP contribution in [-0.4, -0.2) is 26.3 Å². The lowest BCUT2D eigenvalue weighted by Crippen LogP contribution is -2.08. The number of nitrogens with zero attached hydrogens (tertiary/aromatic N) is 4. The van der Waals surface area contributed by atoms with Gasteiger partial charge in [0.15, 0.2) is 6.29 Å². The highest BCUT2D eigenvalue weighted by Gasteiger charge is 2.22. The van der Waals surface area contributed by atoms with Crippen LogP contribution < -0.4 is 0 Å². The normalized spacial score (nSPS) is 11.2. The summed E-state index contributed by atoms with van der Waals surface area (Å²) in [6.45, 7) is 8.23. The van der Waals surface area contributed by atoms with Gasteiger partial charge in [-0.3, -0.25) is 4.79 Å². The zero-order valence-corrected chi connectivity index (χ0v) is 12.5. The molecule has 0 amide bonds. The van der Waals surface area contributed by atoms with Gasteiger partial charge in [0.05, 0.1) is 11.4 Å². The Balaban J connectivity index is 2.57. The maximum atomic E-state index is 11.1. The molecule has 6 heteroatoms. The first-order valence-electron chi connectivity index (χ1n) is 6.47. The van der Waals surface area contributed by atoms with Crippen LogP contribution in [-0.2, 0) is 0 Å². The van der Waals surface area contributed by atoms with Crippen molar-refractivity contribution in [3.63, 3.8) is 0 Å². The Morgan fingerprint density at radius 1 is 1.32 bits per heavy atom. The second-order valence-electron chi connectivity index (χ2n) is 4.54. The molecule has 0 spiro atoms. The van der Waals surface area contributed by atoms with Crippen LogP contribution in [0.25, 0.3) is 5.13 Å². The molecule has 0 aromatic carbocycles. The highest BCUT2D eigenvalue weighted by atomic mass is 32.1. The van der Waals surface area contributed by atoms with E-state index < -0.39 is 0 Å². The summed E-state index contributed by atoms with van der Waals surface area (Å²) in [4.78, 5) is 16.8. The van der Waals surface area contributed by atoms with Crippen LogP contribution in [0.15, 0.2) is 0 Å². The molecule has 0 N–H and O–H groups in total. The number of aromatic nitrogens is 4. The molecule has 0 saturated heterocycles. The van der Waals surface area contributed by atoms with Crippen LogP contribution in [0.3, 0.4) is 0 Å². The molecule has 0 unspecified atom stereocenters. The van der Waals surface area contributed by atoms with E-state index in [-0.39, 0.29) is 5.92 Å². The maximum Gasteiger partial charge on any atom is 0.212 e. The molecule has 0 bridgehead atoms. The lowest BCUT2D eigenvalue weighted by atomic mass is 9.98. The first-order chi connectivity index (χ1) is 9.12. The van der Waals surface area contributed by atoms with Crippen molar-refractivity contribution >= 4 is 17.6 Å². The smallest absolute Gasteiger partial charge is 0.212 e. The molecule has 102 valence electrons. The molecule has 19 heavy (non-hydrogen) atoms. The summed E-state index contributed by atoms with van der Waals surface area (Å²) in [5.41, 5.74) is 2.31. The standard InChI is InChI=1S/C13H18N4OS/c1-5-10(6-2)12-11(7-18)15-16-17(12)13-14-8(3)9(4)19-13/h7,10H,5-6H2,1-4H3. The average molecular weight is 278 g/mol. The Bertz CT molecular complexity index is 564. The summed E-state index contributed by atoms with van der Waals surface area (Å²) < 4.78 is 1.73. The van der Waals surface area contributed by atoms with Crippen LogP contribution in [0.2, 0.25) is 0 Å². The van der Waals surface area contributed by atoms with E-state index in [4.69, 9.17) is 0 Å². The fourth-order valence-corrected chi connectivity index (χ4v) is 3.00. The van der Waals surface area contributed by atoms with Gasteiger partial charge in [-0.15, -0.1) is 5.10 Å². The van der Waals surface area contributed by atoms with Gasteiger partial charge in [-0.05, 0) is 26.7 Å². The highest BCUT2D eigenvalue weighted by Crippen LogP contribution is 2.29. The second-order valence-corrected chi connectivity index (χ2v) is 5.72. The van der Waals surface area contributed by atoms with Gasteiger partial charge in [-0.1, -0.05) is 30.4 Å². The maximum absolute atomic E-state index is 11.1. The largest absolute Gasteiger partial charge is 0.296 e. The number of carbonyl (C=O) groups excluding carboxylic acids is 1. The topological polar surface area (TPSA) is 60.7 Å². The van der Waals surface area contributed by atoms with E-state index in [0.29, 0.717) is 5.69 Å². The molecule has 0 atom stereocenters. The molecule has 0 aliphatic carbocycles. The quantitative estimate of drug-likeness (QED) is 0.789. The Hall–Kier alpha value is -1.56. The van der Waals surface area contributed by atoms with Crippen molar-refractivity contribution in [2.24, 2.45) is 0 Å². The van der Waals surface area contributed by atoms with Gasteiger partial charge in [-0.2, -0.15) is 4.68 Å². The SMILES string of the molecule is CCC(CC)c1c(C=O)nnn1-c1nc(C)c(C)s1. The van der Waals surface area contributed by atoms with Crippen molar-refractivity contribution in [2.45, 2.75) is 46.5 Å². The van der Waals surface area contributed by atoms with Gasteiger partial charge in [0.1, 0.15) is 5.69 Å². The van der Waals surface area contributed by atoms with Crippen LogP contribution >= 0.6 is 11.3 Å². The van der Waals surface area contributed by atoms with E-state index in [1.807, 2.05) is 13.8 Å². The molecule has 2 heterocycles. The Morgan fingerprint density at radius 3 is 2.47 bits per heavy atom. The fourth-order valence-electron chi connectivity index (χ4n) is 2.13. The molecule has 0 fully saturated rings. The molecule has 2 aromatic heterocycles. The molecule has 2 aromatic rings. The molecule has 0 aliphatic rings. The third-order valence-electron chi connectivity index (χ3n) is 3.41. The zero-order chi connectivity index (χ0) is 14.0. The van der Waals surface area contributed by atoms with Crippen molar-refractivity contribution in [1.82, 2.24) is 20.0 Å². The number of aldehydes is 1. The second kappa shape index (κ2) is 5.61.